The first-order chi connectivity index (χ1) is 20.1. The van der Waals surface area contributed by atoms with E-state index < -0.39 is 18.2 Å². The molecule has 0 heterocycles. The van der Waals surface area contributed by atoms with E-state index in [0.717, 1.165) is 38.5 Å². The molecule has 41 heavy (non-hydrogen) atoms. The molecule has 0 unspecified atom stereocenters. The van der Waals surface area contributed by atoms with Crippen LogP contribution in [-0.2, 0) is 4.79 Å². The molecule has 0 aliphatic heterocycles. The van der Waals surface area contributed by atoms with Crippen molar-refractivity contribution in [3.05, 3.63) is 0 Å². The molecule has 4 N–H and O–H groups in total. The normalized spacial score (nSPS) is 13.8. The van der Waals surface area contributed by atoms with Crippen molar-refractivity contribution < 1.29 is 20.1 Å². The van der Waals surface area contributed by atoms with Gasteiger partial charge in [-0.1, -0.05) is 181 Å². The van der Waals surface area contributed by atoms with Crippen molar-refractivity contribution in [2.75, 3.05) is 6.61 Å². The van der Waals surface area contributed by atoms with Crippen molar-refractivity contribution in [2.24, 2.45) is 0 Å². The van der Waals surface area contributed by atoms with Crippen LogP contribution in [0.4, 0.5) is 0 Å². The minimum atomic E-state index is -1.13. The zero-order valence-corrected chi connectivity index (χ0v) is 27.7. The lowest BCUT2D eigenvalue weighted by molar-refractivity contribution is -0.124. The molecule has 0 spiro atoms. The topological polar surface area (TPSA) is 89.8 Å². The third-order valence-corrected chi connectivity index (χ3v) is 8.71. The fraction of sp³-hybridized carbons (Fsp3) is 0.972. The number of unbranched alkanes of at least 4 members (excludes halogenated alkanes) is 25. The Hall–Kier alpha value is -0.650. The molecular formula is C36H73NO4. The molecule has 246 valence electrons. The molecule has 3 atom stereocenters. The Labute approximate surface area is 256 Å². The van der Waals surface area contributed by atoms with E-state index >= 15 is 0 Å². The minimum absolute atomic E-state index is 0.143. The quantitative estimate of drug-likeness (QED) is 0.0579. The molecule has 0 fully saturated rings. The van der Waals surface area contributed by atoms with Crippen LogP contribution in [0.15, 0.2) is 0 Å². The number of rotatable bonds is 33. The summed E-state index contributed by atoms with van der Waals surface area (Å²) in [6, 6.07) is -0.800. The van der Waals surface area contributed by atoms with Crippen LogP contribution in [0.5, 0.6) is 0 Å². The third kappa shape index (κ3) is 27.9. The molecule has 5 nitrogen and oxygen atoms in total. The number of carbonyl (C=O) groups is 1. The van der Waals surface area contributed by atoms with Gasteiger partial charge >= 0.3 is 0 Å². The summed E-state index contributed by atoms with van der Waals surface area (Å²) in [6.07, 6.45) is 33.3. The highest BCUT2D eigenvalue weighted by molar-refractivity contribution is 5.76. The number of hydrogen-bond donors (Lipinski definition) is 4. The van der Waals surface area contributed by atoms with E-state index in [9.17, 15) is 20.1 Å². The van der Waals surface area contributed by atoms with Gasteiger partial charge in [0.15, 0.2) is 0 Å². The molecule has 0 saturated heterocycles. The largest absolute Gasteiger partial charge is 0.394 e. The lowest BCUT2D eigenvalue weighted by Gasteiger charge is -2.26. The second-order valence-electron chi connectivity index (χ2n) is 12.8. The summed E-state index contributed by atoms with van der Waals surface area (Å²) >= 11 is 0. The van der Waals surface area contributed by atoms with Gasteiger partial charge in [0, 0.05) is 6.42 Å². The fourth-order valence-electron chi connectivity index (χ4n) is 5.81. The average Bonchev–Trinajstić information content (AvgIpc) is 2.97. The van der Waals surface area contributed by atoms with Gasteiger partial charge in [0.2, 0.25) is 5.91 Å². The van der Waals surface area contributed by atoms with Crippen molar-refractivity contribution in [1.29, 1.82) is 0 Å². The zero-order chi connectivity index (χ0) is 30.2. The van der Waals surface area contributed by atoms with Crippen LogP contribution in [0, 0.1) is 0 Å². The summed E-state index contributed by atoms with van der Waals surface area (Å²) in [4.78, 5) is 12.3. The standard InChI is InChI=1S/C36H73NO4/c1-3-5-7-9-11-13-15-17-18-19-21-23-25-27-29-31-35(40)37-33(32-38)36(41)34(39)30-28-26-24-22-20-16-14-12-10-8-6-4-2/h33-34,36,38-39,41H,3-32H2,1-2H3,(H,37,40)/t33-,34-,36+/m1/s1. The van der Waals surface area contributed by atoms with Crippen LogP contribution < -0.4 is 5.32 Å². The van der Waals surface area contributed by atoms with E-state index in [1.54, 1.807) is 0 Å². The molecule has 0 aliphatic carbocycles. The molecule has 0 bridgehead atoms. The van der Waals surface area contributed by atoms with Gasteiger partial charge in [0.25, 0.3) is 0 Å². The summed E-state index contributed by atoms with van der Waals surface area (Å²) in [7, 11) is 0. The Morgan fingerprint density at radius 3 is 1.17 bits per heavy atom. The molecular weight excluding hydrogens is 510 g/mol. The van der Waals surface area contributed by atoms with Gasteiger partial charge < -0.3 is 20.6 Å². The first kappa shape index (κ1) is 40.4. The monoisotopic (exact) mass is 584 g/mol. The first-order valence-electron chi connectivity index (χ1n) is 18.3. The average molecular weight is 584 g/mol. The lowest BCUT2D eigenvalue weighted by Crippen LogP contribution is -2.50. The smallest absolute Gasteiger partial charge is 0.220 e. The highest BCUT2D eigenvalue weighted by atomic mass is 16.3. The lowest BCUT2D eigenvalue weighted by atomic mass is 9.99. The van der Waals surface area contributed by atoms with Gasteiger partial charge in [-0.05, 0) is 12.8 Å². The number of amides is 1. The van der Waals surface area contributed by atoms with Gasteiger partial charge in [-0.15, -0.1) is 0 Å². The predicted octanol–water partition coefficient (Wildman–Crippen LogP) is 9.54. The van der Waals surface area contributed by atoms with Gasteiger partial charge in [-0.25, -0.2) is 0 Å². The summed E-state index contributed by atoms with van der Waals surface area (Å²) < 4.78 is 0. The Kier molecular flexibility index (Phi) is 31.8. The van der Waals surface area contributed by atoms with Crippen LogP contribution in [0.2, 0.25) is 0 Å². The van der Waals surface area contributed by atoms with Crippen LogP contribution in [0.1, 0.15) is 200 Å². The molecule has 0 aromatic rings. The molecule has 0 aromatic carbocycles. The van der Waals surface area contributed by atoms with E-state index in [2.05, 4.69) is 19.2 Å². The van der Waals surface area contributed by atoms with Crippen LogP contribution in [-0.4, -0.2) is 46.1 Å². The Balaban J connectivity index is 3.66. The maximum Gasteiger partial charge on any atom is 0.220 e. The van der Waals surface area contributed by atoms with Gasteiger partial charge in [-0.3, -0.25) is 4.79 Å². The summed E-state index contributed by atoms with van der Waals surface area (Å²) in [5, 5.41) is 33.3. The highest BCUT2D eigenvalue weighted by Gasteiger charge is 2.26. The maximum absolute atomic E-state index is 12.3. The fourth-order valence-corrected chi connectivity index (χ4v) is 5.81. The zero-order valence-electron chi connectivity index (χ0n) is 27.7. The van der Waals surface area contributed by atoms with Gasteiger partial charge in [0.05, 0.1) is 18.8 Å². The summed E-state index contributed by atoms with van der Waals surface area (Å²) in [5.74, 6) is -0.143. The van der Waals surface area contributed by atoms with Crippen molar-refractivity contribution in [2.45, 2.75) is 218 Å². The molecule has 0 rings (SSSR count). The Bertz CT molecular complexity index is 530. The molecule has 0 aromatic heterocycles. The van der Waals surface area contributed by atoms with Crippen LogP contribution in [0.3, 0.4) is 0 Å². The molecule has 0 radical (unpaired) electrons. The van der Waals surface area contributed by atoms with Crippen LogP contribution in [0.25, 0.3) is 0 Å². The van der Waals surface area contributed by atoms with E-state index in [-0.39, 0.29) is 12.5 Å². The highest BCUT2D eigenvalue weighted by Crippen LogP contribution is 2.16. The number of hydrogen-bond acceptors (Lipinski definition) is 4. The predicted molar refractivity (Wildman–Crippen MR) is 176 cm³/mol. The number of nitrogens with one attached hydrogen (secondary N) is 1. The number of aliphatic hydroxyl groups excluding tert-OH is 3. The Morgan fingerprint density at radius 1 is 0.512 bits per heavy atom. The van der Waals surface area contributed by atoms with E-state index in [0.29, 0.717) is 12.8 Å². The Morgan fingerprint density at radius 2 is 0.829 bits per heavy atom. The van der Waals surface area contributed by atoms with Crippen molar-refractivity contribution in [3.8, 4) is 0 Å². The number of aliphatic hydroxyl groups is 3. The van der Waals surface area contributed by atoms with Crippen molar-refractivity contribution in [3.63, 3.8) is 0 Å². The minimum Gasteiger partial charge on any atom is -0.394 e. The van der Waals surface area contributed by atoms with Gasteiger partial charge in [-0.2, -0.15) is 0 Å². The maximum atomic E-state index is 12.3. The molecule has 0 saturated carbocycles. The van der Waals surface area contributed by atoms with Crippen molar-refractivity contribution >= 4 is 5.91 Å². The second-order valence-corrected chi connectivity index (χ2v) is 12.8. The first-order valence-corrected chi connectivity index (χ1v) is 18.3. The molecule has 0 aliphatic rings. The SMILES string of the molecule is CCCCCCCCCCCCCCCCCC(=O)N[C@H](CO)[C@H](O)[C@H](O)CCCCCCCCCCCCCC. The van der Waals surface area contributed by atoms with E-state index in [4.69, 9.17) is 0 Å². The summed E-state index contributed by atoms with van der Waals surface area (Å²) in [6.45, 7) is 4.16. The van der Waals surface area contributed by atoms with Gasteiger partial charge in [0.1, 0.15) is 6.10 Å². The molecule has 5 heteroatoms. The van der Waals surface area contributed by atoms with E-state index in [1.807, 2.05) is 0 Å². The van der Waals surface area contributed by atoms with E-state index in [1.165, 1.54) is 135 Å². The van der Waals surface area contributed by atoms with Crippen molar-refractivity contribution in [1.82, 2.24) is 5.32 Å². The second kappa shape index (κ2) is 32.3. The van der Waals surface area contributed by atoms with Crippen LogP contribution >= 0.6 is 0 Å². The number of carbonyl (C=O) groups excluding carboxylic acids is 1. The summed E-state index contributed by atoms with van der Waals surface area (Å²) in [5.41, 5.74) is 0. The third-order valence-electron chi connectivity index (χ3n) is 8.71. The molecule has 1 amide bonds.